The van der Waals surface area contributed by atoms with Gasteiger partial charge in [0, 0.05) is 46.7 Å². The molecule has 7 heteroatoms. The molecule has 0 unspecified atom stereocenters. The van der Waals surface area contributed by atoms with E-state index in [9.17, 15) is 9.59 Å². The van der Waals surface area contributed by atoms with Gasteiger partial charge in [-0.25, -0.2) is 0 Å². The fourth-order valence-electron chi connectivity index (χ4n) is 3.37. The number of anilines is 1. The van der Waals surface area contributed by atoms with Crippen molar-refractivity contribution in [2.24, 2.45) is 0 Å². The summed E-state index contributed by atoms with van der Waals surface area (Å²) in [4.78, 5) is 30.0. The minimum absolute atomic E-state index is 0.138. The first kappa shape index (κ1) is 20.2. The fraction of sp³-hybridized carbons (Fsp3) is 0.125. The number of amides is 1. The maximum atomic E-state index is 13.0. The number of nitrogens with zero attached hydrogens (tertiary/aromatic N) is 2. The van der Waals surface area contributed by atoms with Crippen molar-refractivity contribution in [1.82, 2.24) is 9.55 Å². The number of ether oxygens (including phenoxy) is 2. The third-order valence-corrected chi connectivity index (χ3v) is 4.96. The normalized spacial score (nSPS) is 10.6. The molecule has 1 amide bonds. The number of aromatic nitrogens is 2. The Hall–Kier alpha value is -4.13. The summed E-state index contributed by atoms with van der Waals surface area (Å²) in [5, 5.41) is 4.08. The Morgan fingerprint density at radius 3 is 2.45 bits per heavy atom. The minimum Gasteiger partial charge on any atom is -0.497 e. The largest absolute Gasteiger partial charge is 0.497 e. The summed E-state index contributed by atoms with van der Waals surface area (Å²) in [5.41, 5.74) is 1.73. The van der Waals surface area contributed by atoms with Gasteiger partial charge >= 0.3 is 0 Å². The molecule has 0 aliphatic carbocycles. The van der Waals surface area contributed by atoms with E-state index < -0.39 is 0 Å². The monoisotopic (exact) mass is 415 g/mol. The molecule has 2 heterocycles. The van der Waals surface area contributed by atoms with Crippen molar-refractivity contribution in [1.29, 1.82) is 0 Å². The maximum Gasteiger partial charge on any atom is 0.258 e. The van der Waals surface area contributed by atoms with Crippen molar-refractivity contribution in [2.75, 3.05) is 19.5 Å². The Balaban J connectivity index is 1.67. The van der Waals surface area contributed by atoms with E-state index in [4.69, 9.17) is 9.47 Å². The van der Waals surface area contributed by atoms with Gasteiger partial charge in [0.1, 0.15) is 11.5 Å². The van der Waals surface area contributed by atoms with E-state index in [1.54, 1.807) is 59.6 Å². The van der Waals surface area contributed by atoms with Gasteiger partial charge in [0.15, 0.2) is 0 Å². The molecule has 2 aromatic carbocycles. The topological polar surface area (TPSA) is 82.5 Å². The second-order valence-electron chi connectivity index (χ2n) is 6.93. The standard InChI is InChI=1S/C24H21N3O4/c1-30-18-11-17(12-19(13-18)31-2)23(28)26-22-7-3-6-21-20(22)8-10-27(24(21)29)15-16-5-4-9-25-14-16/h3-14H,15H2,1-2H3,(H,26,28). The number of methoxy groups -OCH3 is 2. The summed E-state index contributed by atoms with van der Waals surface area (Å²) in [6.45, 7) is 0.419. The Morgan fingerprint density at radius 2 is 1.77 bits per heavy atom. The number of carbonyl (C=O) groups excluding carboxylic acids is 1. The summed E-state index contributed by atoms with van der Waals surface area (Å²) in [7, 11) is 3.05. The Bertz CT molecular complexity index is 1280. The first-order valence-electron chi connectivity index (χ1n) is 9.64. The average molecular weight is 415 g/mol. The van der Waals surface area contributed by atoms with Crippen LogP contribution in [0.1, 0.15) is 15.9 Å². The fourth-order valence-corrected chi connectivity index (χ4v) is 3.37. The molecule has 0 fully saturated rings. The van der Waals surface area contributed by atoms with Crippen LogP contribution >= 0.6 is 0 Å². The van der Waals surface area contributed by atoms with Crippen molar-refractivity contribution < 1.29 is 14.3 Å². The highest BCUT2D eigenvalue weighted by Crippen LogP contribution is 2.25. The summed E-state index contributed by atoms with van der Waals surface area (Å²) >= 11 is 0. The van der Waals surface area contributed by atoms with Crippen LogP contribution in [-0.2, 0) is 6.54 Å². The van der Waals surface area contributed by atoms with E-state index in [1.165, 1.54) is 14.2 Å². The lowest BCUT2D eigenvalue weighted by atomic mass is 10.1. The predicted molar refractivity (Wildman–Crippen MR) is 119 cm³/mol. The van der Waals surface area contributed by atoms with E-state index in [0.717, 1.165) is 5.56 Å². The van der Waals surface area contributed by atoms with Crippen LogP contribution in [0.5, 0.6) is 11.5 Å². The molecule has 0 aliphatic rings. The van der Waals surface area contributed by atoms with Crippen LogP contribution in [-0.4, -0.2) is 29.7 Å². The molecular formula is C24H21N3O4. The van der Waals surface area contributed by atoms with Crippen LogP contribution in [0.25, 0.3) is 10.8 Å². The van der Waals surface area contributed by atoms with Gasteiger partial charge in [0.05, 0.1) is 20.8 Å². The zero-order chi connectivity index (χ0) is 21.8. The molecule has 0 bridgehead atoms. The van der Waals surface area contributed by atoms with E-state index >= 15 is 0 Å². The Labute approximate surface area is 178 Å². The lowest BCUT2D eigenvalue weighted by molar-refractivity contribution is 0.102. The molecule has 0 aliphatic heterocycles. The van der Waals surface area contributed by atoms with Crippen molar-refractivity contribution in [2.45, 2.75) is 6.54 Å². The van der Waals surface area contributed by atoms with Gasteiger partial charge in [-0.2, -0.15) is 0 Å². The maximum absolute atomic E-state index is 13.0. The highest BCUT2D eigenvalue weighted by atomic mass is 16.5. The quantitative estimate of drug-likeness (QED) is 0.519. The molecule has 2 aromatic heterocycles. The van der Waals surface area contributed by atoms with Crippen LogP contribution < -0.4 is 20.3 Å². The SMILES string of the molecule is COc1cc(OC)cc(C(=O)Nc2cccc3c(=O)n(Cc4cccnc4)ccc23)c1. The number of hydrogen-bond donors (Lipinski definition) is 1. The van der Waals surface area contributed by atoms with Gasteiger partial charge in [0.25, 0.3) is 11.5 Å². The number of pyridine rings is 2. The summed E-state index contributed by atoms with van der Waals surface area (Å²) in [5.74, 6) is 0.700. The van der Waals surface area contributed by atoms with Gasteiger partial charge in [-0.15, -0.1) is 0 Å². The number of hydrogen-bond acceptors (Lipinski definition) is 5. The minimum atomic E-state index is -0.329. The molecule has 7 nitrogen and oxygen atoms in total. The molecule has 4 aromatic rings. The number of carbonyl (C=O) groups is 1. The highest BCUT2D eigenvalue weighted by molar-refractivity contribution is 6.09. The summed E-state index contributed by atoms with van der Waals surface area (Å²) in [6, 6.07) is 15.8. The highest BCUT2D eigenvalue weighted by Gasteiger charge is 2.13. The summed E-state index contributed by atoms with van der Waals surface area (Å²) < 4.78 is 12.1. The molecule has 31 heavy (non-hydrogen) atoms. The third kappa shape index (κ3) is 4.25. The van der Waals surface area contributed by atoms with Gasteiger partial charge in [0.2, 0.25) is 0 Å². The number of rotatable bonds is 6. The molecule has 0 saturated heterocycles. The van der Waals surface area contributed by atoms with Crippen molar-refractivity contribution in [3.63, 3.8) is 0 Å². The van der Waals surface area contributed by atoms with E-state index in [-0.39, 0.29) is 11.5 Å². The Morgan fingerprint density at radius 1 is 1.00 bits per heavy atom. The van der Waals surface area contributed by atoms with E-state index in [0.29, 0.717) is 40.1 Å². The van der Waals surface area contributed by atoms with Crippen molar-refractivity contribution in [3.05, 3.63) is 94.7 Å². The predicted octanol–water partition coefficient (Wildman–Crippen LogP) is 3.71. The number of nitrogens with one attached hydrogen (secondary N) is 1. The van der Waals surface area contributed by atoms with E-state index in [1.807, 2.05) is 18.2 Å². The molecule has 0 saturated carbocycles. The average Bonchev–Trinajstić information content (AvgIpc) is 2.81. The number of benzene rings is 2. The molecule has 0 spiro atoms. The lowest BCUT2D eigenvalue weighted by Gasteiger charge is -2.12. The summed E-state index contributed by atoms with van der Waals surface area (Å²) in [6.07, 6.45) is 5.15. The van der Waals surface area contributed by atoms with Crippen molar-refractivity contribution in [3.8, 4) is 11.5 Å². The second-order valence-corrected chi connectivity index (χ2v) is 6.93. The molecule has 156 valence electrons. The smallest absolute Gasteiger partial charge is 0.258 e. The zero-order valence-corrected chi connectivity index (χ0v) is 17.2. The van der Waals surface area contributed by atoms with Gasteiger partial charge in [-0.05, 0) is 42.0 Å². The van der Waals surface area contributed by atoms with Crippen LogP contribution in [0.3, 0.4) is 0 Å². The van der Waals surface area contributed by atoms with E-state index in [2.05, 4.69) is 10.3 Å². The number of fused-ring (bicyclic) bond motifs is 1. The molecule has 4 rings (SSSR count). The Kier molecular flexibility index (Phi) is 5.66. The van der Waals surface area contributed by atoms with Crippen LogP contribution in [0.15, 0.2) is 78.0 Å². The molecule has 0 atom stereocenters. The molecule has 0 radical (unpaired) electrons. The lowest BCUT2D eigenvalue weighted by Crippen LogP contribution is -2.21. The van der Waals surface area contributed by atoms with Gasteiger partial charge in [-0.1, -0.05) is 12.1 Å². The zero-order valence-electron chi connectivity index (χ0n) is 17.2. The van der Waals surface area contributed by atoms with Crippen LogP contribution in [0.2, 0.25) is 0 Å². The van der Waals surface area contributed by atoms with Crippen LogP contribution in [0, 0.1) is 0 Å². The first-order chi connectivity index (χ1) is 15.1. The molecular weight excluding hydrogens is 394 g/mol. The van der Waals surface area contributed by atoms with Gasteiger partial charge in [-0.3, -0.25) is 14.6 Å². The first-order valence-corrected chi connectivity index (χ1v) is 9.64. The van der Waals surface area contributed by atoms with Gasteiger partial charge < -0.3 is 19.4 Å². The molecule has 1 N–H and O–H groups in total. The van der Waals surface area contributed by atoms with Crippen molar-refractivity contribution >= 4 is 22.4 Å². The second kappa shape index (κ2) is 8.71. The third-order valence-electron chi connectivity index (χ3n) is 4.96. The van der Waals surface area contributed by atoms with Crippen LogP contribution in [0.4, 0.5) is 5.69 Å².